The van der Waals surface area contributed by atoms with Crippen LogP contribution in [-0.2, 0) is 19.2 Å². The summed E-state index contributed by atoms with van der Waals surface area (Å²) in [4.78, 5) is 44.2. The summed E-state index contributed by atoms with van der Waals surface area (Å²) < 4.78 is 0. The maximum absolute atomic E-state index is 11.4. The zero-order valence-electron chi connectivity index (χ0n) is 10.6. The van der Waals surface area contributed by atoms with Gasteiger partial charge in [-0.3, -0.25) is 19.2 Å². The van der Waals surface area contributed by atoms with E-state index in [9.17, 15) is 19.2 Å². The molecule has 0 saturated heterocycles. The van der Waals surface area contributed by atoms with Crippen LogP contribution in [0.5, 0.6) is 0 Å². The largest absolute Gasteiger partial charge is 0.358 e. The van der Waals surface area contributed by atoms with E-state index in [4.69, 9.17) is 0 Å². The molecule has 4 N–H and O–H groups in total. The fourth-order valence-corrected chi connectivity index (χ4v) is 0.972. The summed E-state index contributed by atoms with van der Waals surface area (Å²) in [5.74, 6) is -1.62. The molecule has 0 aromatic carbocycles. The Bertz CT molecular complexity index is 343. The Labute approximate surface area is 105 Å². The second-order valence-corrected chi connectivity index (χ2v) is 3.59. The van der Waals surface area contributed by atoms with Crippen molar-refractivity contribution in [3.8, 4) is 0 Å². The van der Waals surface area contributed by atoms with Gasteiger partial charge in [-0.05, 0) is 6.92 Å². The van der Waals surface area contributed by atoms with Gasteiger partial charge in [0.05, 0.1) is 13.1 Å². The molecule has 8 nitrogen and oxygen atoms in total. The molecule has 102 valence electrons. The van der Waals surface area contributed by atoms with Gasteiger partial charge in [0.25, 0.3) is 0 Å². The molecule has 0 unspecified atom stereocenters. The van der Waals surface area contributed by atoms with Crippen molar-refractivity contribution in [3.05, 3.63) is 0 Å². The van der Waals surface area contributed by atoms with E-state index in [-0.39, 0.29) is 24.9 Å². The number of carbonyl (C=O) groups is 4. The Balaban J connectivity index is 3.96. The molecule has 0 bridgehead atoms. The molecule has 0 aliphatic carbocycles. The molecule has 0 heterocycles. The molecule has 0 saturated carbocycles. The van der Waals surface area contributed by atoms with Crippen LogP contribution in [0.15, 0.2) is 0 Å². The summed E-state index contributed by atoms with van der Waals surface area (Å²) in [5, 5.41) is 9.38. The van der Waals surface area contributed by atoms with E-state index in [0.29, 0.717) is 0 Å². The highest BCUT2D eigenvalue weighted by atomic mass is 16.2. The number of nitrogens with one attached hydrogen (secondary N) is 4. The molecule has 4 amide bonds. The summed E-state index contributed by atoms with van der Waals surface area (Å²) in [6.07, 6.45) is 0. The lowest BCUT2D eigenvalue weighted by atomic mass is 10.3. The van der Waals surface area contributed by atoms with E-state index in [1.165, 1.54) is 20.9 Å². The second-order valence-electron chi connectivity index (χ2n) is 3.59. The second kappa shape index (κ2) is 8.04. The van der Waals surface area contributed by atoms with E-state index in [0.717, 1.165) is 0 Å². The van der Waals surface area contributed by atoms with Gasteiger partial charge in [-0.25, -0.2) is 0 Å². The third-order valence-corrected chi connectivity index (χ3v) is 1.97. The van der Waals surface area contributed by atoms with E-state index >= 15 is 0 Å². The Morgan fingerprint density at radius 1 is 1.00 bits per heavy atom. The van der Waals surface area contributed by atoms with Crippen molar-refractivity contribution in [1.82, 2.24) is 21.3 Å². The normalized spacial score (nSPS) is 11.1. The van der Waals surface area contributed by atoms with Gasteiger partial charge in [-0.1, -0.05) is 0 Å². The quantitative estimate of drug-likeness (QED) is 0.421. The first-order valence-electron chi connectivity index (χ1n) is 5.39. The summed E-state index contributed by atoms with van der Waals surface area (Å²) in [5.41, 5.74) is 0. The molecular weight excluding hydrogens is 240 g/mol. The van der Waals surface area contributed by atoms with Crippen molar-refractivity contribution in [2.75, 3.05) is 20.1 Å². The molecule has 0 aromatic rings. The zero-order valence-corrected chi connectivity index (χ0v) is 10.6. The first-order chi connectivity index (χ1) is 8.36. The highest BCUT2D eigenvalue weighted by Crippen LogP contribution is 1.82. The predicted molar refractivity (Wildman–Crippen MR) is 63.4 cm³/mol. The summed E-state index contributed by atoms with van der Waals surface area (Å²) >= 11 is 0. The number of likely N-dealkylation sites (N-methyl/N-ethyl adjacent to an activating group) is 1. The van der Waals surface area contributed by atoms with Crippen molar-refractivity contribution in [3.63, 3.8) is 0 Å². The SMILES string of the molecule is CNC(=O)CNC(=O)[C@H](C)NC(=O)CNC(C)=O. The van der Waals surface area contributed by atoms with Gasteiger partial charge in [0.1, 0.15) is 6.04 Å². The Morgan fingerprint density at radius 2 is 1.56 bits per heavy atom. The van der Waals surface area contributed by atoms with Crippen LogP contribution in [0.3, 0.4) is 0 Å². The summed E-state index contributed by atoms with van der Waals surface area (Å²) in [6, 6.07) is -0.782. The highest BCUT2D eigenvalue weighted by Gasteiger charge is 2.15. The first kappa shape index (κ1) is 15.9. The molecule has 0 aliphatic rings. The topological polar surface area (TPSA) is 116 Å². The van der Waals surface area contributed by atoms with Gasteiger partial charge < -0.3 is 21.3 Å². The number of rotatable bonds is 6. The Hall–Kier alpha value is -2.12. The van der Waals surface area contributed by atoms with E-state index in [1.807, 2.05) is 0 Å². The maximum atomic E-state index is 11.4. The lowest BCUT2D eigenvalue weighted by Gasteiger charge is -2.13. The molecule has 0 spiro atoms. The third kappa shape index (κ3) is 7.20. The standard InChI is InChI=1S/C10H18N4O4/c1-6(10(18)13-4-8(16)11-3)14-9(17)5-12-7(2)15/h6H,4-5H2,1-3H3,(H,11,16)(H,12,15)(H,13,18)(H,14,17)/t6-/m0/s1. The van der Waals surface area contributed by atoms with Gasteiger partial charge in [-0.15, -0.1) is 0 Å². The summed E-state index contributed by atoms with van der Waals surface area (Å²) in [6.45, 7) is 2.42. The van der Waals surface area contributed by atoms with Crippen LogP contribution in [0.25, 0.3) is 0 Å². The number of amides is 4. The summed E-state index contributed by atoms with van der Waals surface area (Å²) in [7, 11) is 1.45. The fourth-order valence-electron chi connectivity index (χ4n) is 0.972. The minimum absolute atomic E-state index is 0.152. The molecule has 1 atom stereocenters. The highest BCUT2D eigenvalue weighted by molar-refractivity contribution is 5.91. The Kier molecular flexibility index (Phi) is 7.10. The average Bonchev–Trinajstić information content (AvgIpc) is 2.32. The van der Waals surface area contributed by atoms with Gasteiger partial charge in [-0.2, -0.15) is 0 Å². The van der Waals surface area contributed by atoms with Crippen LogP contribution in [0, 0.1) is 0 Å². The first-order valence-corrected chi connectivity index (χ1v) is 5.39. The van der Waals surface area contributed by atoms with Gasteiger partial charge in [0.2, 0.25) is 23.6 Å². The zero-order chi connectivity index (χ0) is 14.1. The molecule has 8 heteroatoms. The monoisotopic (exact) mass is 258 g/mol. The number of hydrogen-bond donors (Lipinski definition) is 4. The molecule has 18 heavy (non-hydrogen) atoms. The lowest BCUT2D eigenvalue weighted by molar-refractivity contribution is -0.130. The van der Waals surface area contributed by atoms with Crippen LogP contribution in [0.4, 0.5) is 0 Å². The molecule has 0 fully saturated rings. The van der Waals surface area contributed by atoms with Crippen molar-refractivity contribution >= 4 is 23.6 Å². The van der Waals surface area contributed by atoms with Crippen LogP contribution in [0.2, 0.25) is 0 Å². The minimum atomic E-state index is -0.782. The van der Waals surface area contributed by atoms with Crippen LogP contribution in [0.1, 0.15) is 13.8 Å². The number of hydrogen-bond acceptors (Lipinski definition) is 4. The van der Waals surface area contributed by atoms with E-state index in [2.05, 4.69) is 21.3 Å². The van der Waals surface area contributed by atoms with Crippen molar-refractivity contribution in [2.24, 2.45) is 0 Å². The van der Waals surface area contributed by atoms with Crippen molar-refractivity contribution in [1.29, 1.82) is 0 Å². The van der Waals surface area contributed by atoms with Gasteiger partial charge in [0, 0.05) is 14.0 Å². The van der Waals surface area contributed by atoms with Crippen molar-refractivity contribution in [2.45, 2.75) is 19.9 Å². The lowest BCUT2D eigenvalue weighted by Crippen LogP contribution is -2.49. The number of carbonyl (C=O) groups excluding carboxylic acids is 4. The maximum Gasteiger partial charge on any atom is 0.242 e. The Morgan fingerprint density at radius 3 is 2.06 bits per heavy atom. The molecule has 0 radical (unpaired) electrons. The van der Waals surface area contributed by atoms with Crippen LogP contribution in [-0.4, -0.2) is 49.8 Å². The van der Waals surface area contributed by atoms with E-state index < -0.39 is 17.9 Å². The molecular formula is C10H18N4O4. The van der Waals surface area contributed by atoms with Gasteiger partial charge >= 0.3 is 0 Å². The average molecular weight is 258 g/mol. The minimum Gasteiger partial charge on any atom is -0.358 e. The smallest absolute Gasteiger partial charge is 0.242 e. The van der Waals surface area contributed by atoms with Gasteiger partial charge in [0.15, 0.2) is 0 Å². The fraction of sp³-hybridized carbons (Fsp3) is 0.600. The van der Waals surface area contributed by atoms with E-state index in [1.54, 1.807) is 0 Å². The predicted octanol–water partition coefficient (Wildman–Crippen LogP) is -2.51. The third-order valence-electron chi connectivity index (χ3n) is 1.97. The molecule has 0 aliphatic heterocycles. The molecule has 0 rings (SSSR count). The van der Waals surface area contributed by atoms with Crippen LogP contribution < -0.4 is 21.3 Å². The van der Waals surface area contributed by atoms with Crippen molar-refractivity contribution < 1.29 is 19.2 Å². The molecule has 0 aromatic heterocycles. The van der Waals surface area contributed by atoms with Crippen LogP contribution >= 0.6 is 0 Å².